The number of benzene rings is 2. The summed E-state index contributed by atoms with van der Waals surface area (Å²) in [6.07, 6.45) is 0. The molecule has 5 heteroatoms. The maximum atomic E-state index is 12.1. The van der Waals surface area contributed by atoms with Gasteiger partial charge in [0.1, 0.15) is 0 Å². The third kappa shape index (κ3) is 4.04. The third-order valence-electron chi connectivity index (χ3n) is 3.45. The molecule has 3 aromatic rings. The molecule has 0 aliphatic rings. The number of carbonyl (C=O) groups is 1. The Morgan fingerprint density at radius 1 is 1.17 bits per heavy atom. The van der Waals surface area contributed by atoms with E-state index in [0.717, 1.165) is 20.7 Å². The molecule has 0 radical (unpaired) electrons. The molecule has 1 heterocycles. The van der Waals surface area contributed by atoms with Crippen molar-refractivity contribution < 1.29 is 9.53 Å². The van der Waals surface area contributed by atoms with Crippen molar-refractivity contribution in [2.24, 2.45) is 0 Å². The number of hydrogen-bond donors (Lipinski definition) is 0. The summed E-state index contributed by atoms with van der Waals surface area (Å²) in [7, 11) is 0. The van der Waals surface area contributed by atoms with Crippen LogP contribution in [0, 0.1) is 0 Å². The van der Waals surface area contributed by atoms with Crippen LogP contribution in [0.3, 0.4) is 0 Å². The number of pyridine rings is 1. The van der Waals surface area contributed by atoms with E-state index in [1.807, 2.05) is 24.3 Å². The minimum absolute atomic E-state index is 0.199. The Morgan fingerprint density at radius 3 is 2.71 bits per heavy atom. The molecule has 122 valence electrons. The number of carbonyl (C=O) groups excluding carboxylic acids is 1. The fourth-order valence-electron chi connectivity index (χ4n) is 2.33. The molecule has 24 heavy (non-hydrogen) atoms. The Balaban J connectivity index is 1.99. The van der Waals surface area contributed by atoms with Gasteiger partial charge in [-0.05, 0) is 0 Å². The van der Waals surface area contributed by atoms with E-state index in [2.05, 4.69) is 51.2 Å². The molecule has 0 unspecified atom stereocenters. The number of hydrogen-bond acceptors (Lipinski definition) is 3. The quantitative estimate of drug-likeness (QED) is 0.441. The first-order valence-electron chi connectivity index (χ1n) is 7.61. The molecule has 0 aliphatic carbocycles. The second-order valence-electron chi connectivity index (χ2n) is 5.16. The van der Waals surface area contributed by atoms with Gasteiger partial charge < -0.3 is 0 Å². The normalized spacial score (nSPS) is 10.8. The summed E-state index contributed by atoms with van der Waals surface area (Å²) in [6.45, 7) is 2.15. The number of esters is 1. The maximum absolute atomic E-state index is 12.1. The number of rotatable bonds is 5. The standard InChI is InChI=1S/C19H16BrNO2Se/c1-2-23-19(22)17-11-18(24-12-13-6-4-3-5-7-13)15-10-14(20)8-9-16(15)21-17/h3-11H,2,12H2,1H3. The van der Waals surface area contributed by atoms with Crippen LogP contribution >= 0.6 is 15.9 Å². The minimum atomic E-state index is -0.362. The number of nitrogens with zero attached hydrogens (tertiary/aromatic N) is 1. The molecule has 0 amide bonds. The van der Waals surface area contributed by atoms with E-state index in [4.69, 9.17) is 4.74 Å². The van der Waals surface area contributed by atoms with Gasteiger partial charge in [-0.15, -0.1) is 0 Å². The fourth-order valence-corrected chi connectivity index (χ4v) is 4.85. The van der Waals surface area contributed by atoms with E-state index in [1.54, 1.807) is 6.92 Å². The Hall–Kier alpha value is -1.68. The monoisotopic (exact) mass is 449 g/mol. The van der Waals surface area contributed by atoms with Crippen molar-refractivity contribution >= 4 is 52.2 Å². The van der Waals surface area contributed by atoms with Crippen molar-refractivity contribution in [3.05, 3.63) is 70.3 Å². The number of aromatic nitrogens is 1. The van der Waals surface area contributed by atoms with Gasteiger partial charge in [-0.2, -0.15) is 0 Å². The average Bonchev–Trinajstić information content (AvgIpc) is 2.60. The number of fused-ring (bicyclic) bond motifs is 1. The first-order valence-corrected chi connectivity index (χ1v) is 10.5. The molecule has 0 N–H and O–H groups in total. The van der Waals surface area contributed by atoms with Crippen molar-refractivity contribution in [1.29, 1.82) is 0 Å². The van der Waals surface area contributed by atoms with E-state index < -0.39 is 0 Å². The number of halogens is 1. The molecule has 0 atom stereocenters. The second kappa shape index (κ2) is 7.93. The zero-order valence-corrected chi connectivity index (χ0v) is 16.5. The van der Waals surface area contributed by atoms with Crippen LogP contribution in [0.2, 0.25) is 0 Å². The van der Waals surface area contributed by atoms with Gasteiger partial charge in [0.25, 0.3) is 0 Å². The third-order valence-corrected chi connectivity index (χ3v) is 6.31. The summed E-state index contributed by atoms with van der Waals surface area (Å²) < 4.78 is 7.29. The van der Waals surface area contributed by atoms with Crippen molar-refractivity contribution in [3.63, 3.8) is 0 Å². The van der Waals surface area contributed by atoms with Crippen LogP contribution in [0.25, 0.3) is 10.9 Å². The van der Waals surface area contributed by atoms with Crippen LogP contribution in [-0.2, 0) is 10.1 Å². The van der Waals surface area contributed by atoms with Crippen LogP contribution < -0.4 is 4.46 Å². The van der Waals surface area contributed by atoms with E-state index >= 15 is 0 Å². The summed E-state index contributed by atoms with van der Waals surface area (Å²) >= 11 is 3.72. The zero-order chi connectivity index (χ0) is 16.9. The predicted octanol–water partition coefficient (Wildman–Crippen LogP) is 3.70. The molecule has 0 aliphatic heterocycles. The molecule has 3 nitrogen and oxygen atoms in total. The van der Waals surface area contributed by atoms with Crippen molar-refractivity contribution in [1.82, 2.24) is 4.98 Å². The predicted molar refractivity (Wildman–Crippen MR) is 101 cm³/mol. The van der Waals surface area contributed by atoms with Gasteiger partial charge in [-0.25, -0.2) is 0 Å². The Morgan fingerprint density at radius 2 is 1.96 bits per heavy atom. The van der Waals surface area contributed by atoms with Crippen LogP contribution in [-0.4, -0.2) is 32.5 Å². The fraction of sp³-hybridized carbons (Fsp3) is 0.158. The van der Waals surface area contributed by atoms with Gasteiger partial charge in [0, 0.05) is 0 Å². The molecule has 0 saturated heterocycles. The van der Waals surface area contributed by atoms with Crippen LogP contribution in [0.4, 0.5) is 0 Å². The van der Waals surface area contributed by atoms with Gasteiger partial charge in [0.15, 0.2) is 0 Å². The van der Waals surface area contributed by atoms with E-state index in [9.17, 15) is 4.79 Å². The van der Waals surface area contributed by atoms with Crippen molar-refractivity contribution in [3.8, 4) is 0 Å². The Bertz CT molecular complexity index is 868. The van der Waals surface area contributed by atoms with E-state index in [1.165, 1.54) is 10.0 Å². The zero-order valence-electron chi connectivity index (χ0n) is 13.2. The topological polar surface area (TPSA) is 39.2 Å². The summed E-state index contributed by atoms with van der Waals surface area (Å²) in [5.74, 6) is -0.362. The van der Waals surface area contributed by atoms with Crippen LogP contribution in [0.15, 0.2) is 59.1 Å². The first-order chi connectivity index (χ1) is 11.7. The van der Waals surface area contributed by atoms with Crippen molar-refractivity contribution in [2.45, 2.75) is 12.2 Å². The molecular formula is C19H16BrNO2Se. The van der Waals surface area contributed by atoms with Gasteiger partial charge in [0.05, 0.1) is 0 Å². The van der Waals surface area contributed by atoms with Gasteiger partial charge >= 0.3 is 156 Å². The first kappa shape index (κ1) is 17.2. The molecule has 1 aromatic heterocycles. The van der Waals surface area contributed by atoms with Crippen LogP contribution in [0.1, 0.15) is 23.0 Å². The average molecular weight is 449 g/mol. The molecule has 0 bridgehead atoms. The Labute approximate surface area is 155 Å². The SMILES string of the molecule is CCOC(=O)c1cc([Se]Cc2ccccc2)c2cc(Br)ccc2n1. The molecule has 3 rings (SSSR count). The summed E-state index contributed by atoms with van der Waals surface area (Å²) in [5.41, 5.74) is 2.51. The molecule has 0 fully saturated rings. The molecule has 0 spiro atoms. The van der Waals surface area contributed by atoms with Gasteiger partial charge in [-0.3, -0.25) is 0 Å². The summed E-state index contributed by atoms with van der Waals surface area (Å²) in [6, 6.07) is 18.2. The number of ether oxygens (including phenoxy) is 1. The molecule has 2 aromatic carbocycles. The summed E-state index contributed by atoms with van der Waals surface area (Å²) in [5, 5.41) is 2.07. The van der Waals surface area contributed by atoms with Crippen molar-refractivity contribution in [2.75, 3.05) is 6.61 Å². The van der Waals surface area contributed by atoms with Gasteiger partial charge in [-0.1, -0.05) is 0 Å². The second-order valence-corrected chi connectivity index (χ2v) is 8.21. The molecular weight excluding hydrogens is 433 g/mol. The van der Waals surface area contributed by atoms with E-state index in [0.29, 0.717) is 12.3 Å². The van der Waals surface area contributed by atoms with E-state index in [-0.39, 0.29) is 20.9 Å². The Kier molecular flexibility index (Phi) is 5.67. The van der Waals surface area contributed by atoms with Gasteiger partial charge in [0.2, 0.25) is 0 Å². The molecule has 0 saturated carbocycles. The van der Waals surface area contributed by atoms with Crippen LogP contribution in [0.5, 0.6) is 0 Å². The summed E-state index contributed by atoms with van der Waals surface area (Å²) in [4.78, 5) is 16.6.